The summed E-state index contributed by atoms with van der Waals surface area (Å²) in [7, 11) is 0. The highest BCUT2D eigenvalue weighted by molar-refractivity contribution is 7.99. The van der Waals surface area contributed by atoms with Gasteiger partial charge < -0.3 is 15.5 Å². The Morgan fingerprint density at radius 1 is 1.37 bits per heavy atom. The van der Waals surface area contributed by atoms with Crippen LogP contribution in [0.1, 0.15) is 13.3 Å². The maximum atomic E-state index is 11.7. The van der Waals surface area contributed by atoms with E-state index >= 15 is 0 Å². The van der Waals surface area contributed by atoms with Crippen LogP contribution in [0.3, 0.4) is 0 Å². The van der Waals surface area contributed by atoms with Gasteiger partial charge >= 0.3 is 0 Å². The zero-order chi connectivity index (χ0) is 14.3. The van der Waals surface area contributed by atoms with Crippen molar-refractivity contribution in [2.24, 2.45) is 0 Å². The molecule has 4 nitrogen and oxygen atoms in total. The van der Waals surface area contributed by atoms with Gasteiger partial charge in [-0.15, -0.1) is 11.8 Å². The van der Waals surface area contributed by atoms with Crippen LogP contribution in [-0.4, -0.2) is 40.6 Å². The maximum absolute atomic E-state index is 11.7. The molecule has 6 heteroatoms. The highest BCUT2D eigenvalue weighted by atomic mass is 35.5. The first-order chi connectivity index (χ1) is 9.00. The Bertz CT molecular complexity index is 424. The minimum atomic E-state index is -0.966. The van der Waals surface area contributed by atoms with E-state index in [0.717, 1.165) is 4.90 Å². The first-order valence-electron chi connectivity index (χ1n) is 5.91. The predicted molar refractivity (Wildman–Crippen MR) is 77.5 cm³/mol. The van der Waals surface area contributed by atoms with Crippen molar-refractivity contribution in [1.82, 2.24) is 5.32 Å². The van der Waals surface area contributed by atoms with Crippen LogP contribution in [0.25, 0.3) is 0 Å². The molecule has 0 aromatic heterocycles. The average molecular weight is 304 g/mol. The summed E-state index contributed by atoms with van der Waals surface area (Å²) < 4.78 is 0. The number of hydrogen-bond donors (Lipinski definition) is 3. The minimum Gasteiger partial charge on any atom is -0.394 e. The molecule has 0 saturated heterocycles. The number of aliphatic hydroxyl groups excluding tert-OH is 2. The number of nitrogens with one attached hydrogen (secondary N) is 1. The zero-order valence-corrected chi connectivity index (χ0v) is 12.3. The van der Waals surface area contributed by atoms with E-state index in [2.05, 4.69) is 5.32 Å². The second-order valence-corrected chi connectivity index (χ2v) is 6.00. The molecule has 106 valence electrons. The van der Waals surface area contributed by atoms with Crippen molar-refractivity contribution in [2.75, 3.05) is 19.0 Å². The maximum Gasteiger partial charge on any atom is 0.221 e. The summed E-state index contributed by atoms with van der Waals surface area (Å²) in [4.78, 5) is 12.6. The van der Waals surface area contributed by atoms with Crippen molar-refractivity contribution in [3.63, 3.8) is 0 Å². The van der Waals surface area contributed by atoms with E-state index < -0.39 is 5.54 Å². The van der Waals surface area contributed by atoms with Crippen LogP contribution < -0.4 is 5.32 Å². The Morgan fingerprint density at radius 2 is 2.00 bits per heavy atom. The smallest absolute Gasteiger partial charge is 0.221 e. The van der Waals surface area contributed by atoms with E-state index in [1.54, 1.807) is 13.0 Å². The summed E-state index contributed by atoms with van der Waals surface area (Å²) in [5.41, 5.74) is -0.966. The number of amides is 1. The fourth-order valence-electron chi connectivity index (χ4n) is 1.34. The Kier molecular flexibility index (Phi) is 6.65. The molecule has 0 aliphatic heterocycles. The lowest BCUT2D eigenvalue weighted by Crippen LogP contribution is -2.51. The average Bonchev–Trinajstić information content (AvgIpc) is 2.41. The van der Waals surface area contributed by atoms with Gasteiger partial charge in [-0.1, -0.05) is 23.7 Å². The summed E-state index contributed by atoms with van der Waals surface area (Å²) in [6.07, 6.45) is 0.297. The molecular weight excluding hydrogens is 286 g/mol. The van der Waals surface area contributed by atoms with Gasteiger partial charge in [-0.3, -0.25) is 4.79 Å². The fourth-order valence-corrected chi connectivity index (χ4v) is 2.53. The summed E-state index contributed by atoms with van der Waals surface area (Å²) in [6.45, 7) is 0.992. The number of benzene rings is 1. The van der Waals surface area contributed by atoms with E-state index in [0.29, 0.717) is 17.2 Å². The molecule has 1 aromatic rings. The molecule has 0 radical (unpaired) electrons. The van der Waals surface area contributed by atoms with Gasteiger partial charge in [0.1, 0.15) is 0 Å². The molecular formula is C13H18ClNO3S. The van der Waals surface area contributed by atoms with Crippen LogP contribution in [0.2, 0.25) is 5.02 Å². The van der Waals surface area contributed by atoms with Crippen molar-refractivity contribution >= 4 is 29.3 Å². The number of rotatable bonds is 7. The molecule has 1 aromatic carbocycles. The van der Waals surface area contributed by atoms with Crippen LogP contribution in [0.15, 0.2) is 29.2 Å². The lowest BCUT2D eigenvalue weighted by molar-refractivity contribution is -0.123. The third-order valence-corrected chi connectivity index (χ3v) is 4.08. The Hall–Kier alpha value is -0.750. The quantitative estimate of drug-likeness (QED) is 0.670. The predicted octanol–water partition coefficient (Wildman–Crippen LogP) is 1.68. The van der Waals surface area contributed by atoms with E-state index in [1.165, 1.54) is 11.8 Å². The summed E-state index contributed by atoms with van der Waals surface area (Å²) >= 11 is 7.50. The van der Waals surface area contributed by atoms with Gasteiger partial charge in [-0.2, -0.15) is 0 Å². The van der Waals surface area contributed by atoms with Crippen molar-refractivity contribution in [3.8, 4) is 0 Å². The minimum absolute atomic E-state index is 0.204. The van der Waals surface area contributed by atoms with E-state index in [1.807, 2.05) is 18.2 Å². The number of halogens is 1. The zero-order valence-electron chi connectivity index (χ0n) is 10.7. The highest BCUT2D eigenvalue weighted by Gasteiger charge is 2.24. The molecule has 0 fully saturated rings. The Labute approximate surface area is 122 Å². The van der Waals surface area contributed by atoms with Crippen LogP contribution >= 0.6 is 23.4 Å². The number of thioether (sulfide) groups is 1. The number of carbonyl (C=O) groups excluding carboxylic acids is 1. The molecule has 0 saturated carbocycles. The van der Waals surface area contributed by atoms with Crippen molar-refractivity contribution in [3.05, 3.63) is 29.3 Å². The molecule has 0 bridgehead atoms. The lowest BCUT2D eigenvalue weighted by Gasteiger charge is -2.26. The third kappa shape index (κ3) is 5.40. The van der Waals surface area contributed by atoms with Crippen LogP contribution in [0.5, 0.6) is 0 Å². The normalized spacial score (nSPS) is 11.4. The van der Waals surface area contributed by atoms with E-state index in [4.69, 9.17) is 21.8 Å². The SMILES string of the molecule is CC(CO)(CO)NC(=O)CCSc1ccccc1Cl. The molecule has 3 N–H and O–H groups in total. The summed E-state index contributed by atoms with van der Waals surface area (Å²) in [5, 5.41) is 21.4. The molecule has 0 spiro atoms. The van der Waals surface area contributed by atoms with Gasteiger partial charge in [-0.05, 0) is 19.1 Å². The van der Waals surface area contributed by atoms with Gasteiger partial charge in [0.25, 0.3) is 0 Å². The van der Waals surface area contributed by atoms with Gasteiger partial charge in [0.05, 0.1) is 23.8 Å². The molecule has 0 aliphatic carbocycles. The molecule has 0 atom stereocenters. The van der Waals surface area contributed by atoms with Gasteiger partial charge in [0.15, 0.2) is 0 Å². The molecule has 0 heterocycles. The van der Waals surface area contributed by atoms with Crippen molar-refractivity contribution in [1.29, 1.82) is 0 Å². The highest BCUT2D eigenvalue weighted by Crippen LogP contribution is 2.26. The van der Waals surface area contributed by atoms with Gasteiger partial charge in [-0.25, -0.2) is 0 Å². The third-order valence-electron chi connectivity index (χ3n) is 2.56. The second kappa shape index (κ2) is 7.75. The summed E-state index contributed by atoms with van der Waals surface area (Å²) in [6, 6.07) is 7.45. The Balaban J connectivity index is 2.37. The standard InChI is InChI=1S/C13H18ClNO3S/c1-13(8-16,9-17)15-12(18)6-7-19-11-5-3-2-4-10(11)14/h2-5,16-17H,6-9H2,1H3,(H,15,18). The Morgan fingerprint density at radius 3 is 2.58 bits per heavy atom. The topological polar surface area (TPSA) is 69.6 Å². The van der Waals surface area contributed by atoms with E-state index in [-0.39, 0.29) is 19.1 Å². The summed E-state index contributed by atoms with van der Waals surface area (Å²) in [5.74, 6) is 0.382. The second-order valence-electron chi connectivity index (χ2n) is 4.45. The largest absolute Gasteiger partial charge is 0.394 e. The number of aliphatic hydroxyl groups is 2. The molecule has 0 unspecified atom stereocenters. The number of carbonyl (C=O) groups is 1. The van der Waals surface area contributed by atoms with Crippen LogP contribution in [-0.2, 0) is 4.79 Å². The van der Waals surface area contributed by atoms with Gasteiger partial charge in [0.2, 0.25) is 5.91 Å². The van der Waals surface area contributed by atoms with Crippen LogP contribution in [0, 0.1) is 0 Å². The first kappa shape index (κ1) is 16.3. The molecule has 1 amide bonds. The lowest BCUT2D eigenvalue weighted by atomic mass is 10.1. The first-order valence-corrected chi connectivity index (χ1v) is 7.27. The van der Waals surface area contributed by atoms with Gasteiger partial charge in [0, 0.05) is 17.1 Å². The fraction of sp³-hybridized carbons (Fsp3) is 0.462. The van der Waals surface area contributed by atoms with E-state index in [9.17, 15) is 4.79 Å². The molecule has 19 heavy (non-hydrogen) atoms. The molecule has 0 aliphatic rings. The monoisotopic (exact) mass is 303 g/mol. The van der Waals surface area contributed by atoms with Crippen molar-refractivity contribution in [2.45, 2.75) is 23.8 Å². The molecule has 1 rings (SSSR count). The van der Waals surface area contributed by atoms with Crippen LogP contribution in [0.4, 0.5) is 0 Å². The van der Waals surface area contributed by atoms with Crippen molar-refractivity contribution < 1.29 is 15.0 Å². The number of hydrogen-bond acceptors (Lipinski definition) is 4.